The van der Waals surface area contributed by atoms with Crippen LogP contribution in [-0.2, 0) is 6.42 Å². The van der Waals surface area contributed by atoms with Crippen molar-refractivity contribution in [3.8, 4) is 23.0 Å². The zero-order chi connectivity index (χ0) is 23.6. The van der Waals surface area contributed by atoms with Crippen LogP contribution in [0, 0.1) is 0 Å². The second kappa shape index (κ2) is 11.6. The molecule has 0 N–H and O–H groups in total. The molecule has 170 valence electrons. The zero-order valence-corrected chi connectivity index (χ0v) is 19.2. The molecule has 3 aromatic rings. The highest BCUT2D eigenvalue weighted by atomic mass is 16.5. The number of allylic oxidation sites excluding steroid dienone is 1. The van der Waals surface area contributed by atoms with Gasteiger partial charge in [0.15, 0.2) is 5.78 Å². The van der Waals surface area contributed by atoms with Crippen LogP contribution in [0.5, 0.6) is 23.0 Å². The standard InChI is InChI=1S/C28H28O5/c1-5-17-33-24-14-10-9-13-21(24)18-22-25(30-2)19-26(31-3)27(28(22)32-4)23(29)16-15-20-11-7-6-8-12-20/h5-16,19H,1,17-18H2,2-4H3/b16-15+. The van der Waals surface area contributed by atoms with Crippen LogP contribution in [0.25, 0.3) is 6.08 Å². The van der Waals surface area contributed by atoms with Gasteiger partial charge >= 0.3 is 0 Å². The molecule has 3 aromatic carbocycles. The molecule has 0 unspecified atom stereocenters. The van der Waals surface area contributed by atoms with Gasteiger partial charge in [-0.2, -0.15) is 0 Å². The molecule has 3 rings (SSSR count). The monoisotopic (exact) mass is 444 g/mol. The van der Waals surface area contributed by atoms with E-state index < -0.39 is 0 Å². The lowest BCUT2D eigenvalue weighted by atomic mass is 9.96. The summed E-state index contributed by atoms with van der Waals surface area (Å²) in [6.45, 7) is 4.10. The Morgan fingerprint density at radius 2 is 1.58 bits per heavy atom. The summed E-state index contributed by atoms with van der Waals surface area (Å²) < 4.78 is 22.7. The van der Waals surface area contributed by atoms with Crippen LogP contribution in [-0.4, -0.2) is 33.7 Å². The van der Waals surface area contributed by atoms with Gasteiger partial charge in [-0.05, 0) is 23.3 Å². The van der Waals surface area contributed by atoms with Gasteiger partial charge in [-0.1, -0.05) is 67.3 Å². The van der Waals surface area contributed by atoms with E-state index in [-0.39, 0.29) is 5.78 Å². The minimum absolute atomic E-state index is 0.229. The van der Waals surface area contributed by atoms with E-state index >= 15 is 0 Å². The Balaban J connectivity index is 2.08. The van der Waals surface area contributed by atoms with Gasteiger partial charge in [0.25, 0.3) is 0 Å². The summed E-state index contributed by atoms with van der Waals surface area (Å²) in [6, 6.07) is 19.1. The first-order chi connectivity index (χ1) is 16.1. The molecule has 0 aliphatic carbocycles. The number of benzene rings is 3. The van der Waals surface area contributed by atoms with Gasteiger partial charge in [0.2, 0.25) is 0 Å². The summed E-state index contributed by atoms with van der Waals surface area (Å²) in [6.07, 6.45) is 5.42. The average Bonchev–Trinajstić information content (AvgIpc) is 2.86. The maximum Gasteiger partial charge on any atom is 0.193 e. The van der Waals surface area contributed by atoms with E-state index in [0.29, 0.717) is 35.8 Å². The SMILES string of the molecule is C=CCOc1ccccc1Cc1c(OC)cc(OC)c(C(=O)/C=C/c2ccccc2)c1OC. The number of hydrogen-bond donors (Lipinski definition) is 0. The quantitative estimate of drug-likeness (QED) is 0.214. The number of carbonyl (C=O) groups excluding carboxylic acids is 1. The minimum atomic E-state index is -0.229. The molecule has 0 amide bonds. The lowest BCUT2D eigenvalue weighted by Crippen LogP contribution is -2.08. The molecule has 0 saturated carbocycles. The number of rotatable bonds is 11. The van der Waals surface area contributed by atoms with E-state index in [0.717, 1.165) is 22.4 Å². The number of ether oxygens (including phenoxy) is 4. The van der Waals surface area contributed by atoms with Gasteiger partial charge in [0.05, 0.1) is 21.3 Å². The van der Waals surface area contributed by atoms with Crippen LogP contribution >= 0.6 is 0 Å². The Kier molecular flexibility index (Phi) is 8.30. The van der Waals surface area contributed by atoms with Crippen molar-refractivity contribution in [3.63, 3.8) is 0 Å². The van der Waals surface area contributed by atoms with Crippen LogP contribution in [0.1, 0.15) is 27.0 Å². The lowest BCUT2D eigenvalue weighted by Gasteiger charge is -2.20. The van der Waals surface area contributed by atoms with Crippen LogP contribution < -0.4 is 18.9 Å². The van der Waals surface area contributed by atoms with E-state index in [1.807, 2.05) is 54.6 Å². The third kappa shape index (κ3) is 5.63. The van der Waals surface area contributed by atoms with Crippen LogP contribution in [0.4, 0.5) is 0 Å². The van der Waals surface area contributed by atoms with Gasteiger partial charge in [-0.15, -0.1) is 0 Å². The van der Waals surface area contributed by atoms with Crippen molar-refractivity contribution in [2.24, 2.45) is 0 Å². The normalized spacial score (nSPS) is 10.6. The predicted octanol–water partition coefficient (Wildman–Crippen LogP) is 5.76. The minimum Gasteiger partial charge on any atom is -0.496 e. The molecule has 0 aliphatic rings. The fraction of sp³-hybridized carbons (Fsp3) is 0.179. The molecule has 5 nitrogen and oxygen atoms in total. The van der Waals surface area contributed by atoms with Crippen LogP contribution in [0.3, 0.4) is 0 Å². The fourth-order valence-electron chi connectivity index (χ4n) is 3.57. The Morgan fingerprint density at radius 3 is 2.24 bits per heavy atom. The molecule has 0 aliphatic heterocycles. The third-order valence-corrected chi connectivity index (χ3v) is 5.12. The molecular weight excluding hydrogens is 416 g/mol. The Morgan fingerprint density at radius 1 is 0.879 bits per heavy atom. The molecule has 5 heteroatoms. The number of para-hydroxylation sites is 1. The van der Waals surface area contributed by atoms with E-state index in [1.54, 1.807) is 25.3 Å². The lowest BCUT2D eigenvalue weighted by molar-refractivity contribution is 0.104. The molecule has 0 radical (unpaired) electrons. The first-order valence-corrected chi connectivity index (χ1v) is 10.5. The van der Waals surface area contributed by atoms with Gasteiger partial charge in [-0.3, -0.25) is 4.79 Å². The summed E-state index contributed by atoms with van der Waals surface area (Å²) in [4.78, 5) is 13.3. The van der Waals surface area contributed by atoms with E-state index in [9.17, 15) is 4.79 Å². The van der Waals surface area contributed by atoms with Gasteiger partial charge < -0.3 is 18.9 Å². The molecule has 0 fully saturated rings. The van der Waals surface area contributed by atoms with E-state index in [4.69, 9.17) is 18.9 Å². The fourth-order valence-corrected chi connectivity index (χ4v) is 3.57. The highest BCUT2D eigenvalue weighted by molar-refractivity contribution is 6.11. The first kappa shape index (κ1) is 23.7. The van der Waals surface area contributed by atoms with Crippen LogP contribution in [0.15, 0.2) is 79.4 Å². The highest BCUT2D eigenvalue weighted by Gasteiger charge is 2.25. The molecule has 0 bridgehead atoms. The molecule has 33 heavy (non-hydrogen) atoms. The van der Waals surface area contributed by atoms with Gasteiger partial charge in [0, 0.05) is 18.1 Å². The smallest absolute Gasteiger partial charge is 0.193 e. The van der Waals surface area contributed by atoms with Crippen molar-refractivity contribution < 1.29 is 23.7 Å². The maximum absolute atomic E-state index is 13.3. The van der Waals surface area contributed by atoms with Crippen molar-refractivity contribution in [3.05, 3.63) is 102 Å². The van der Waals surface area contributed by atoms with E-state index in [2.05, 4.69) is 6.58 Å². The van der Waals surface area contributed by atoms with Crippen molar-refractivity contribution in [2.75, 3.05) is 27.9 Å². The molecule has 0 atom stereocenters. The number of methoxy groups -OCH3 is 3. The summed E-state index contributed by atoms with van der Waals surface area (Å²) >= 11 is 0. The number of ketones is 1. The maximum atomic E-state index is 13.3. The van der Waals surface area contributed by atoms with E-state index in [1.165, 1.54) is 20.3 Å². The summed E-state index contributed by atoms with van der Waals surface area (Å²) in [5.41, 5.74) is 2.92. The van der Waals surface area contributed by atoms with Gasteiger partial charge in [-0.25, -0.2) is 0 Å². The highest BCUT2D eigenvalue weighted by Crippen LogP contribution is 2.41. The summed E-state index contributed by atoms with van der Waals surface area (Å²) in [5.74, 6) is 1.85. The average molecular weight is 445 g/mol. The summed E-state index contributed by atoms with van der Waals surface area (Å²) in [5, 5.41) is 0. The second-order valence-electron chi connectivity index (χ2n) is 7.16. The number of hydrogen-bond acceptors (Lipinski definition) is 5. The van der Waals surface area contributed by atoms with Gasteiger partial charge in [0.1, 0.15) is 35.2 Å². The predicted molar refractivity (Wildman–Crippen MR) is 131 cm³/mol. The van der Waals surface area contributed by atoms with Crippen LogP contribution in [0.2, 0.25) is 0 Å². The third-order valence-electron chi connectivity index (χ3n) is 5.12. The molecule has 0 heterocycles. The Hall–Kier alpha value is -3.99. The largest absolute Gasteiger partial charge is 0.496 e. The molecular formula is C28H28O5. The Labute approximate surface area is 194 Å². The first-order valence-electron chi connectivity index (χ1n) is 10.5. The van der Waals surface area contributed by atoms with Crippen molar-refractivity contribution in [1.82, 2.24) is 0 Å². The molecule has 0 aromatic heterocycles. The van der Waals surface area contributed by atoms with Crippen molar-refractivity contribution in [2.45, 2.75) is 6.42 Å². The topological polar surface area (TPSA) is 54.0 Å². The van der Waals surface area contributed by atoms with Crippen molar-refractivity contribution in [1.29, 1.82) is 0 Å². The second-order valence-corrected chi connectivity index (χ2v) is 7.16. The summed E-state index contributed by atoms with van der Waals surface area (Å²) in [7, 11) is 4.63. The zero-order valence-electron chi connectivity index (χ0n) is 19.2. The molecule has 0 spiro atoms. The van der Waals surface area contributed by atoms with Crippen molar-refractivity contribution >= 4 is 11.9 Å². The molecule has 0 saturated heterocycles. The Bertz CT molecular complexity index is 1130. The number of carbonyl (C=O) groups is 1.